The molecule has 1 aromatic carbocycles. The number of carbonyl (C=O) groups excluding carboxylic acids is 1. The van der Waals surface area contributed by atoms with E-state index in [1.807, 2.05) is 13.0 Å². The van der Waals surface area contributed by atoms with Crippen LogP contribution >= 0.6 is 0 Å². The number of nitrogen functional groups attached to an aromatic ring is 1. The van der Waals surface area contributed by atoms with Gasteiger partial charge in [0.2, 0.25) is 0 Å². The van der Waals surface area contributed by atoms with Gasteiger partial charge < -0.3 is 15.2 Å². The van der Waals surface area contributed by atoms with Crippen molar-refractivity contribution >= 4 is 11.7 Å². The molecule has 0 saturated carbocycles. The zero-order chi connectivity index (χ0) is 15.2. The first-order valence-corrected chi connectivity index (χ1v) is 7.46. The van der Waals surface area contributed by atoms with Crippen LogP contribution in [0.25, 0.3) is 0 Å². The summed E-state index contributed by atoms with van der Waals surface area (Å²) in [7, 11) is 1.71. The summed E-state index contributed by atoms with van der Waals surface area (Å²) < 4.78 is 10.3. The lowest BCUT2D eigenvalue weighted by molar-refractivity contribution is 0.0506. The molecular weight excluding hydrogens is 268 g/mol. The number of benzene rings is 1. The predicted octanol–water partition coefficient (Wildman–Crippen LogP) is 2.19. The van der Waals surface area contributed by atoms with Gasteiger partial charge in [0.15, 0.2) is 0 Å². The number of carbonyl (C=O) groups is 1. The molecule has 116 valence electrons. The van der Waals surface area contributed by atoms with E-state index in [1.165, 1.54) is 5.56 Å². The minimum atomic E-state index is -0.324. The molecule has 5 nitrogen and oxygen atoms in total. The zero-order valence-corrected chi connectivity index (χ0v) is 12.9. The molecule has 1 aliphatic rings. The molecule has 1 aliphatic heterocycles. The van der Waals surface area contributed by atoms with E-state index in [-0.39, 0.29) is 5.97 Å². The molecule has 0 atom stereocenters. The summed E-state index contributed by atoms with van der Waals surface area (Å²) in [6.45, 7) is 5.80. The maximum atomic E-state index is 12.0. The fourth-order valence-electron chi connectivity index (χ4n) is 2.61. The van der Waals surface area contributed by atoms with E-state index < -0.39 is 0 Å². The number of hydrogen-bond donors (Lipinski definition) is 1. The van der Waals surface area contributed by atoms with Crippen molar-refractivity contribution in [2.75, 3.05) is 32.6 Å². The molecule has 0 fully saturated rings. The van der Waals surface area contributed by atoms with E-state index >= 15 is 0 Å². The number of anilines is 1. The van der Waals surface area contributed by atoms with Gasteiger partial charge in [-0.25, -0.2) is 4.79 Å². The van der Waals surface area contributed by atoms with Crippen LogP contribution in [0.15, 0.2) is 12.1 Å². The maximum absolute atomic E-state index is 12.0. The van der Waals surface area contributed by atoms with Crippen LogP contribution in [-0.4, -0.2) is 37.7 Å². The Balaban J connectivity index is 2.05. The lowest BCUT2D eigenvalue weighted by atomic mass is 10.0. The zero-order valence-electron chi connectivity index (χ0n) is 12.9. The van der Waals surface area contributed by atoms with Crippen molar-refractivity contribution in [3.05, 3.63) is 28.8 Å². The highest BCUT2D eigenvalue weighted by atomic mass is 16.5. The number of methoxy groups -OCH3 is 1. The second kappa shape index (κ2) is 7.43. The first kappa shape index (κ1) is 15.8. The summed E-state index contributed by atoms with van der Waals surface area (Å²) in [5, 5.41) is 0. The Kier molecular flexibility index (Phi) is 5.59. The van der Waals surface area contributed by atoms with Crippen LogP contribution in [0.2, 0.25) is 0 Å². The van der Waals surface area contributed by atoms with Crippen molar-refractivity contribution in [2.24, 2.45) is 0 Å². The van der Waals surface area contributed by atoms with Gasteiger partial charge in [0, 0.05) is 33.4 Å². The van der Waals surface area contributed by atoms with Crippen LogP contribution in [0.5, 0.6) is 0 Å². The minimum Gasteiger partial charge on any atom is -0.462 e. The molecule has 0 bridgehead atoms. The smallest absolute Gasteiger partial charge is 0.340 e. The fraction of sp³-hybridized carbons (Fsp3) is 0.562. The Labute approximate surface area is 126 Å². The third-order valence-electron chi connectivity index (χ3n) is 3.71. The lowest BCUT2D eigenvalue weighted by Gasteiger charge is -2.14. The van der Waals surface area contributed by atoms with Crippen LogP contribution < -0.4 is 5.73 Å². The summed E-state index contributed by atoms with van der Waals surface area (Å²) in [6, 6.07) is 3.77. The summed E-state index contributed by atoms with van der Waals surface area (Å²) in [4.78, 5) is 14.3. The average Bonchev–Trinajstić information content (AvgIpc) is 2.89. The molecule has 0 spiro atoms. The molecule has 1 heterocycles. The SMILES string of the molecule is CCCOC(=O)c1ccc2c(c1N)CN(CCCOC)C2. The van der Waals surface area contributed by atoms with E-state index in [4.69, 9.17) is 15.2 Å². The number of hydrogen-bond acceptors (Lipinski definition) is 5. The molecule has 5 heteroatoms. The third-order valence-corrected chi connectivity index (χ3v) is 3.71. The molecule has 2 N–H and O–H groups in total. The first-order valence-electron chi connectivity index (χ1n) is 7.46. The maximum Gasteiger partial charge on any atom is 0.340 e. The van der Waals surface area contributed by atoms with E-state index in [0.29, 0.717) is 17.9 Å². The number of esters is 1. The molecule has 0 saturated heterocycles. The number of rotatable bonds is 7. The van der Waals surface area contributed by atoms with Crippen LogP contribution in [0.1, 0.15) is 41.3 Å². The highest BCUT2D eigenvalue weighted by Crippen LogP contribution is 2.30. The van der Waals surface area contributed by atoms with Gasteiger partial charge in [-0.05, 0) is 30.0 Å². The van der Waals surface area contributed by atoms with E-state index in [9.17, 15) is 4.79 Å². The molecule has 0 amide bonds. The number of ether oxygens (including phenoxy) is 2. The van der Waals surface area contributed by atoms with Crippen LogP contribution in [0.4, 0.5) is 5.69 Å². The lowest BCUT2D eigenvalue weighted by Crippen LogP contribution is -2.19. The normalized spacial score (nSPS) is 14.2. The van der Waals surface area contributed by atoms with Gasteiger partial charge in [0.25, 0.3) is 0 Å². The largest absolute Gasteiger partial charge is 0.462 e. The number of nitrogens with zero attached hydrogens (tertiary/aromatic N) is 1. The number of fused-ring (bicyclic) bond motifs is 1. The summed E-state index contributed by atoms with van der Waals surface area (Å²) in [5.74, 6) is -0.324. The Morgan fingerprint density at radius 3 is 2.86 bits per heavy atom. The van der Waals surface area contributed by atoms with Crippen molar-refractivity contribution in [1.29, 1.82) is 0 Å². The van der Waals surface area contributed by atoms with Gasteiger partial charge in [-0.1, -0.05) is 13.0 Å². The molecule has 21 heavy (non-hydrogen) atoms. The highest BCUT2D eigenvalue weighted by molar-refractivity contribution is 5.96. The third kappa shape index (κ3) is 3.74. The summed E-state index contributed by atoms with van der Waals surface area (Å²) >= 11 is 0. The molecule has 0 unspecified atom stereocenters. The van der Waals surface area contributed by atoms with E-state index in [2.05, 4.69) is 4.90 Å². The topological polar surface area (TPSA) is 64.8 Å². The average molecular weight is 292 g/mol. The van der Waals surface area contributed by atoms with E-state index in [1.54, 1.807) is 13.2 Å². The highest BCUT2D eigenvalue weighted by Gasteiger charge is 2.24. The van der Waals surface area contributed by atoms with Crippen molar-refractivity contribution in [3.63, 3.8) is 0 Å². The summed E-state index contributed by atoms with van der Waals surface area (Å²) in [5.41, 5.74) is 9.50. The van der Waals surface area contributed by atoms with Gasteiger partial charge in [0.05, 0.1) is 17.9 Å². The monoisotopic (exact) mass is 292 g/mol. The van der Waals surface area contributed by atoms with Crippen molar-refractivity contribution < 1.29 is 14.3 Å². The van der Waals surface area contributed by atoms with Gasteiger partial charge >= 0.3 is 5.97 Å². The van der Waals surface area contributed by atoms with Gasteiger partial charge in [-0.3, -0.25) is 4.90 Å². The molecular formula is C16H24N2O3. The summed E-state index contributed by atoms with van der Waals surface area (Å²) in [6.07, 6.45) is 1.81. The van der Waals surface area contributed by atoms with Crippen LogP contribution in [0, 0.1) is 0 Å². The quantitative estimate of drug-likeness (QED) is 0.474. The van der Waals surface area contributed by atoms with Crippen molar-refractivity contribution in [3.8, 4) is 0 Å². The van der Waals surface area contributed by atoms with Gasteiger partial charge in [0.1, 0.15) is 0 Å². The van der Waals surface area contributed by atoms with Crippen LogP contribution in [0.3, 0.4) is 0 Å². The Bertz CT molecular complexity index is 503. The fourth-order valence-corrected chi connectivity index (χ4v) is 2.61. The van der Waals surface area contributed by atoms with Gasteiger partial charge in [-0.15, -0.1) is 0 Å². The Morgan fingerprint density at radius 2 is 2.14 bits per heavy atom. The van der Waals surface area contributed by atoms with Crippen molar-refractivity contribution in [1.82, 2.24) is 4.90 Å². The molecule has 0 aromatic heterocycles. The molecule has 0 radical (unpaired) electrons. The molecule has 0 aliphatic carbocycles. The predicted molar refractivity (Wildman–Crippen MR) is 82.0 cm³/mol. The van der Waals surface area contributed by atoms with Gasteiger partial charge in [-0.2, -0.15) is 0 Å². The standard InChI is InChI=1S/C16H24N2O3/c1-3-8-21-16(19)13-6-5-12-10-18(7-4-9-20-2)11-14(12)15(13)17/h5-6H,3-4,7-11,17H2,1-2H3. The first-order chi connectivity index (χ1) is 10.2. The second-order valence-electron chi connectivity index (χ2n) is 5.36. The Hall–Kier alpha value is -1.59. The minimum absolute atomic E-state index is 0.324. The number of nitrogens with two attached hydrogens (primary N) is 1. The van der Waals surface area contributed by atoms with Crippen LogP contribution in [-0.2, 0) is 22.6 Å². The Morgan fingerprint density at radius 1 is 1.33 bits per heavy atom. The molecule has 2 rings (SSSR count). The van der Waals surface area contributed by atoms with Crippen molar-refractivity contribution in [2.45, 2.75) is 32.9 Å². The second-order valence-corrected chi connectivity index (χ2v) is 5.36. The molecule has 1 aromatic rings. The van der Waals surface area contributed by atoms with E-state index in [0.717, 1.165) is 44.6 Å².